The van der Waals surface area contributed by atoms with E-state index in [0.717, 1.165) is 90.1 Å². The largest absolute Gasteiger partial charge is 0.508 e. The highest BCUT2D eigenvalue weighted by Crippen LogP contribution is 2.21. The SMILES string of the molecule is CC/C=C\CCCCOC(=O)CCN(CCCN(C)CCCN(CCC(=O)OCCOCOCC(CCCC)CCCCCC)CCC(=O)OCCOC(=O)OCC(CCCC)CCCCCC)CCC(=O)OCCOCOCC(CCCC)CCCCCC. The molecule has 90 heavy (non-hydrogen) atoms. The molecular weight excluding hydrogens is 1150 g/mol. The number of allylic oxidation sites excluding steroid dienone is 2. The van der Waals surface area contributed by atoms with Crippen molar-refractivity contribution in [3.05, 3.63) is 12.2 Å². The summed E-state index contributed by atoms with van der Waals surface area (Å²) in [5.41, 5.74) is 0. The molecule has 18 heteroatoms. The van der Waals surface area contributed by atoms with Crippen molar-refractivity contribution < 1.29 is 71.3 Å². The van der Waals surface area contributed by atoms with Gasteiger partial charge in [-0.05, 0) is 128 Å². The summed E-state index contributed by atoms with van der Waals surface area (Å²) < 4.78 is 55.9. The molecule has 0 radical (unpaired) electrons. The summed E-state index contributed by atoms with van der Waals surface area (Å²) in [6.45, 7) is 22.9. The summed E-state index contributed by atoms with van der Waals surface area (Å²) in [5, 5.41) is 0. The Labute approximate surface area is 549 Å². The molecule has 0 saturated heterocycles. The van der Waals surface area contributed by atoms with Gasteiger partial charge in [-0.15, -0.1) is 0 Å². The van der Waals surface area contributed by atoms with Gasteiger partial charge in [-0.1, -0.05) is 176 Å². The quantitative estimate of drug-likeness (QED) is 0.0184. The molecule has 530 valence electrons. The number of nitrogens with zero attached hydrogens (tertiary/aromatic N) is 3. The van der Waals surface area contributed by atoms with Gasteiger partial charge < -0.3 is 62.1 Å². The van der Waals surface area contributed by atoms with Crippen molar-refractivity contribution >= 4 is 30.0 Å². The lowest BCUT2D eigenvalue weighted by atomic mass is 9.96. The van der Waals surface area contributed by atoms with Gasteiger partial charge in [0.05, 0.1) is 65.3 Å². The van der Waals surface area contributed by atoms with Gasteiger partial charge in [0.2, 0.25) is 0 Å². The third-order valence-corrected chi connectivity index (χ3v) is 16.3. The molecule has 0 N–H and O–H groups in total. The fraction of sp³-hybridized carbons (Fsp3) is 0.903. The minimum absolute atomic E-state index is 0.0826. The molecule has 0 rings (SSSR count). The highest BCUT2D eigenvalue weighted by atomic mass is 16.7. The van der Waals surface area contributed by atoms with Gasteiger partial charge in [0, 0.05) is 26.2 Å². The van der Waals surface area contributed by atoms with Crippen LogP contribution in [0.15, 0.2) is 12.2 Å². The van der Waals surface area contributed by atoms with Gasteiger partial charge in [0.1, 0.15) is 40.0 Å². The summed E-state index contributed by atoms with van der Waals surface area (Å²) in [5.74, 6) is 0.0542. The monoisotopic (exact) mass is 1280 g/mol. The molecule has 0 fully saturated rings. The lowest BCUT2D eigenvalue weighted by molar-refractivity contribution is -0.148. The van der Waals surface area contributed by atoms with Gasteiger partial charge in [0.15, 0.2) is 0 Å². The van der Waals surface area contributed by atoms with Crippen molar-refractivity contribution in [2.75, 3.05) is 139 Å². The van der Waals surface area contributed by atoms with Gasteiger partial charge in [-0.25, -0.2) is 4.79 Å². The van der Waals surface area contributed by atoms with Crippen LogP contribution in [0.5, 0.6) is 0 Å². The van der Waals surface area contributed by atoms with Crippen LogP contribution in [0.25, 0.3) is 0 Å². The second-order valence-electron chi connectivity index (χ2n) is 24.7. The minimum Gasteiger partial charge on any atom is -0.466 e. The smallest absolute Gasteiger partial charge is 0.466 e. The second kappa shape index (κ2) is 67.0. The van der Waals surface area contributed by atoms with Crippen molar-refractivity contribution in [2.24, 2.45) is 17.8 Å². The summed E-state index contributed by atoms with van der Waals surface area (Å²) in [4.78, 5) is 70.6. The lowest BCUT2D eigenvalue weighted by Gasteiger charge is -2.25. The van der Waals surface area contributed by atoms with Crippen LogP contribution in [0.1, 0.15) is 267 Å². The Kier molecular flexibility index (Phi) is 64.5. The Morgan fingerprint density at radius 1 is 0.322 bits per heavy atom. The average molecular weight is 1280 g/mol. The van der Waals surface area contributed by atoms with Gasteiger partial charge in [-0.3, -0.25) is 19.2 Å². The number of rotatable bonds is 69. The number of carbonyl (C=O) groups is 5. The third-order valence-electron chi connectivity index (χ3n) is 16.3. The summed E-state index contributed by atoms with van der Waals surface area (Å²) >= 11 is 0. The van der Waals surface area contributed by atoms with Crippen molar-refractivity contribution in [3.63, 3.8) is 0 Å². The van der Waals surface area contributed by atoms with Gasteiger partial charge in [0.25, 0.3) is 0 Å². The predicted octanol–water partition coefficient (Wildman–Crippen LogP) is 15.6. The first-order valence-electron chi connectivity index (χ1n) is 36.5. The molecule has 0 aliphatic carbocycles. The van der Waals surface area contributed by atoms with Crippen LogP contribution in [0.2, 0.25) is 0 Å². The van der Waals surface area contributed by atoms with E-state index in [4.69, 9.17) is 47.4 Å². The van der Waals surface area contributed by atoms with Crippen LogP contribution in [-0.2, 0) is 66.5 Å². The number of unbranched alkanes of at least 4 members (excludes halogenated alkanes) is 14. The highest BCUT2D eigenvalue weighted by molar-refractivity contribution is 5.71. The van der Waals surface area contributed by atoms with E-state index >= 15 is 0 Å². The second-order valence-corrected chi connectivity index (χ2v) is 24.7. The summed E-state index contributed by atoms with van der Waals surface area (Å²) in [7, 11) is 2.06. The van der Waals surface area contributed by atoms with E-state index in [0.29, 0.717) is 83.4 Å². The van der Waals surface area contributed by atoms with Crippen LogP contribution in [0.3, 0.4) is 0 Å². The number of carbonyl (C=O) groups excluding carboxylic acids is 5. The molecule has 0 saturated carbocycles. The number of esters is 4. The fourth-order valence-corrected chi connectivity index (χ4v) is 10.6. The standard InChI is InChI=1S/C72H137N3O15/c1-9-16-23-27-28-32-53-85-68(76)41-49-74(50-42-69(77)86-56-54-81-63-83-60-65(35-20-13-5)38-29-24-17-10-2)47-33-45-73(8)46-34-48-75(51-43-70(78)87-57-55-82-64-84-61-66(36-21-14-6)39-30-25-18-11-3)52-44-71(79)88-58-59-89-72(80)90-62-67(37-22-15-7)40-31-26-19-12-4/h16,23,65-67H,9-15,17-22,24-64H2,1-8H3/b23-16-. The molecule has 0 aromatic rings. The molecule has 0 aliphatic heterocycles. The van der Waals surface area contributed by atoms with Crippen LogP contribution in [0, 0.1) is 17.8 Å². The Hall–Kier alpha value is -3.39. The zero-order chi connectivity index (χ0) is 66.0. The first kappa shape index (κ1) is 86.6. The van der Waals surface area contributed by atoms with E-state index in [2.05, 4.69) is 82.4 Å². The number of ether oxygens (including phenoxy) is 10. The third kappa shape index (κ3) is 59.6. The lowest BCUT2D eigenvalue weighted by Crippen LogP contribution is -2.34. The Morgan fingerprint density at radius 2 is 0.689 bits per heavy atom. The van der Waals surface area contributed by atoms with E-state index in [-0.39, 0.29) is 96.8 Å². The Bertz CT molecular complexity index is 1660. The maximum Gasteiger partial charge on any atom is 0.508 e. The first-order valence-corrected chi connectivity index (χ1v) is 36.5. The topological polar surface area (TPSA) is 187 Å². The minimum atomic E-state index is -0.749. The van der Waals surface area contributed by atoms with Crippen LogP contribution in [0.4, 0.5) is 4.79 Å². The molecule has 0 amide bonds. The fourth-order valence-electron chi connectivity index (χ4n) is 10.6. The van der Waals surface area contributed by atoms with Gasteiger partial charge in [-0.2, -0.15) is 0 Å². The van der Waals surface area contributed by atoms with Crippen molar-refractivity contribution in [3.8, 4) is 0 Å². The van der Waals surface area contributed by atoms with Crippen LogP contribution in [-0.4, -0.2) is 184 Å². The first-order chi connectivity index (χ1) is 43.9. The highest BCUT2D eigenvalue weighted by Gasteiger charge is 2.18. The van der Waals surface area contributed by atoms with Crippen molar-refractivity contribution in [2.45, 2.75) is 267 Å². The molecule has 0 bridgehead atoms. The molecule has 3 atom stereocenters. The molecule has 0 spiro atoms. The van der Waals surface area contributed by atoms with Crippen LogP contribution < -0.4 is 0 Å². The van der Waals surface area contributed by atoms with E-state index in [1.165, 1.54) is 116 Å². The van der Waals surface area contributed by atoms with Gasteiger partial charge >= 0.3 is 30.0 Å². The predicted molar refractivity (Wildman–Crippen MR) is 361 cm³/mol. The van der Waals surface area contributed by atoms with Crippen molar-refractivity contribution in [1.82, 2.24) is 14.7 Å². The Morgan fingerprint density at radius 3 is 1.09 bits per heavy atom. The maximum atomic E-state index is 13.0. The van der Waals surface area contributed by atoms with E-state index in [9.17, 15) is 24.0 Å². The molecule has 0 aromatic heterocycles. The Balaban J connectivity index is 5.41. The van der Waals surface area contributed by atoms with E-state index in [1.807, 2.05) is 0 Å². The zero-order valence-corrected chi connectivity index (χ0v) is 59.0. The zero-order valence-electron chi connectivity index (χ0n) is 59.0. The molecule has 0 aromatic carbocycles. The maximum absolute atomic E-state index is 13.0. The normalized spacial score (nSPS) is 12.7. The summed E-state index contributed by atoms with van der Waals surface area (Å²) in [6.07, 6.45) is 37.9. The summed E-state index contributed by atoms with van der Waals surface area (Å²) in [6, 6.07) is 0. The van der Waals surface area contributed by atoms with E-state index < -0.39 is 12.1 Å². The van der Waals surface area contributed by atoms with Crippen LogP contribution >= 0.6 is 0 Å². The molecule has 0 aliphatic rings. The molecule has 0 heterocycles. The average Bonchev–Trinajstić information content (AvgIpc) is 3.57. The molecular formula is C72H137N3O15. The number of hydrogen-bond acceptors (Lipinski definition) is 18. The molecule has 3 unspecified atom stereocenters. The molecule has 18 nitrogen and oxygen atoms in total. The number of hydrogen-bond donors (Lipinski definition) is 0. The van der Waals surface area contributed by atoms with E-state index in [1.54, 1.807) is 0 Å². The van der Waals surface area contributed by atoms with Crippen molar-refractivity contribution in [1.29, 1.82) is 0 Å².